The summed E-state index contributed by atoms with van der Waals surface area (Å²) in [5.41, 5.74) is 5.72. The Morgan fingerprint density at radius 2 is 0.851 bits per heavy atom. The SMILES string of the molecule is CC[C@H](C)[C@H](NC(=O)[C@H](CCC(=O)O)NC(=O)[C@H](C)NC(=O)[C@H](CC(C)C)NC(=O)[C@H](CC(C)C)NC(=O)[C@@H](NC(=O)[C@H](CC(C)C)NC(=O)[C@H](CCSC)NC(=O)[C@H](C)N)C(C)C)C(=O)O. The summed E-state index contributed by atoms with van der Waals surface area (Å²) in [4.78, 5) is 131. The molecule has 22 heteroatoms. The molecule has 0 aliphatic heterocycles. The van der Waals surface area contributed by atoms with Gasteiger partial charge in [-0.05, 0) is 87.5 Å². The third-order valence-corrected chi connectivity index (χ3v) is 11.4. The molecule has 21 nitrogen and oxygen atoms in total. The van der Waals surface area contributed by atoms with Gasteiger partial charge in [-0.2, -0.15) is 11.8 Å². The van der Waals surface area contributed by atoms with Gasteiger partial charge in [0.1, 0.15) is 48.3 Å². The summed E-state index contributed by atoms with van der Waals surface area (Å²) in [5.74, 6) is -9.14. The fourth-order valence-corrected chi connectivity index (χ4v) is 7.13. The number of hydrogen-bond donors (Lipinski definition) is 11. The first kappa shape index (κ1) is 62.0. The van der Waals surface area contributed by atoms with E-state index in [0.29, 0.717) is 12.2 Å². The lowest BCUT2D eigenvalue weighted by Gasteiger charge is -2.30. The van der Waals surface area contributed by atoms with Gasteiger partial charge in [-0.1, -0.05) is 75.7 Å². The summed E-state index contributed by atoms with van der Waals surface area (Å²) >= 11 is 1.47. The molecule has 10 atom stereocenters. The van der Waals surface area contributed by atoms with Crippen LogP contribution in [0.5, 0.6) is 0 Å². The van der Waals surface area contributed by atoms with Crippen LogP contribution in [0.1, 0.15) is 128 Å². The molecule has 0 aliphatic carbocycles. The average Bonchev–Trinajstić information content (AvgIpc) is 3.22. The molecule has 0 rings (SSSR count). The van der Waals surface area contributed by atoms with Crippen molar-refractivity contribution >= 4 is 71.0 Å². The molecule has 12 N–H and O–H groups in total. The zero-order valence-electron chi connectivity index (χ0n) is 41.7. The predicted octanol–water partition coefficient (Wildman–Crippen LogP) is 0.775. The lowest BCUT2D eigenvalue weighted by atomic mass is 9.97. The molecule has 0 aromatic rings. The summed E-state index contributed by atoms with van der Waals surface area (Å²) in [5, 5.41) is 39.8. The van der Waals surface area contributed by atoms with Gasteiger partial charge in [0.05, 0.1) is 6.04 Å². The van der Waals surface area contributed by atoms with E-state index in [1.807, 2.05) is 34.0 Å². The zero-order chi connectivity index (χ0) is 51.9. The smallest absolute Gasteiger partial charge is 0.326 e. The van der Waals surface area contributed by atoms with Crippen molar-refractivity contribution in [1.82, 2.24) is 42.5 Å². The fourth-order valence-electron chi connectivity index (χ4n) is 6.66. The highest BCUT2D eigenvalue weighted by Crippen LogP contribution is 2.14. The fraction of sp³-hybridized carbons (Fsp3) is 0.778. The monoisotopic (exact) mass is 972 g/mol. The molecule has 0 saturated carbocycles. The van der Waals surface area contributed by atoms with E-state index in [-0.39, 0.29) is 49.9 Å². The second-order valence-corrected chi connectivity index (χ2v) is 19.9. The normalized spacial score (nSPS) is 15.9. The van der Waals surface area contributed by atoms with Gasteiger partial charge in [0.2, 0.25) is 47.3 Å². The molecular formula is C45H81N9O12S. The van der Waals surface area contributed by atoms with Crippen molar-refractivity contribution in [2.45, 2.75) is 182 Å². The van der Waals surface area contributed by atoms with Crippen LogP contribution >= 0.6 is 11.8 Å². The Kier molecular flexibility index (Phi) is 28.8. The lowest BCUT2D eigenvalue weighted by Crippen LogP contribution is -2.61. The summed E-state index contributed by atoms with van der Waals surface area (Å²) in [6, 6.07) is -10.6. The van der Waals surface area contributed by atoms with Gasteiger partial charge in [0, 0.05) is 6.42 Å². The average molecular weight is 972 g/mol. The minimum atomic E-state index is -1.46. The Hall–Kier alpha value is -4.99. The van der Waals surface area contributed by atoms with Crippen molar-refractivity contribution in [3.63, 3.8) is 0 Å². The maximum Gasteiger partial charge on any atom is 0.326 e. The number of thioether (sulfide) groups is 1. The largest absolute Gasteiger partial charge is 0.481 e. The van der Waals surface area contributed by atoms with E-state index >= 15 is 0 Å². The van der Waals surface area contributed by atoms with Gasteiger partial charge in [0.25, 0.3) is 0 Å². The van der Waals surface area contributed by atoms with Crippen LogP contribution in [0.3, 0.4) is 0 Å². The highest BCUT2D eigenvalue weighted by Gasteiger charge is 2.36. The van der Waals surface area contributed by atoms with Crippen LogP contribution < -0.4 is 48.3 Å². The van der Waals surface area contributed by atoms with E-state index < -0.39 is 132 Å². The van der Waals surface area contributed by atoms with Gasteiger partial charge in [-0.15, -0.1) is 0 Å². The summed E-state index contributed by atoms with van der Waals surface area (Å²) in [6.07, 6.45) is 2.05. The van der Waals surface area contributed by atoms with Crippen LogP contribution in [0, 0.1) is 29.6 Å². The number of amides is 8. The first-order valence-corrected chi connectivity index (χ1v) is 24.6. The van der Waals surface area contributed by atoms with E-state index in [9.17, 15) is 58.2 Å². The van der Waals surface area contributed by atoms with Crippen molar-refractivity contribution < 1.29 is 58.2 Å². The van der Waals surface area contributed by atoms with Crippen LogP contribution in [-0.2, 0) is 47.9 Å². The van der Waals surface area contributed by atoms with Crippen molar-refractivity contribution in [2.24, 2.45) is 35.3 Å². The van der Waals surface area contributed by atoms with Crippen molar-refractivity contribution in [3.8, 4) is 0 Å². The van der Waals surface area contributed by atoms with E-state index in [2.05, 4.69) is 42.5 Å². The highest BCUT2D eigenvalue weighted by molar-refractivity contribution is 7.98. The number of nitrogens with two attached hydrogens (primary N) is 1. The molecular weight excluding hydrogens is 891 g/mol. The molecule has 0 fully saturated rings. The molecule has 0 aromatic carbocycles. The quantitative estimate of drug-likeness (QED) is 0.0444. The molecule has 0 radical (unpaired) electrons. The molecule has 0 unspecified atom stereocenters. The summed E-state index contributed by atoms with van der Waals surface area (Å²) < 4.78 is 0. The van der Waals surface area contributed by atoms with Crippen molar-refractivity contribution in [1.29, 1.82) is 0 Å². The van der Waals surface area contributed by atoms with Crippen molar-refractivity contribution in [3.05, 3.63) is 0 Å². The molecule has 8 amide bonds. The molecule has 67 heavy (non-hydrogen) atoms. The maximum absolute atomic E-state index is 14.0. The number of nitrogens with one attached hydrogen (secondary N) is 8. The third-order valence-electron chi connectivity index (χ3n) is 10.7. The van der Waals surface area contributed by atoms with Gasteiger partial charge >= 0.3 is 11.9 Å². The molecule has 0 spiro atoms. The molecule has 384 valence electrons. The molecule has 0 saturated heterocycles. The predicted molar refractivity (Wildman–Crippen MR) is 255 cm³/mol. The Balaban J connectivity index is 6.34. The number of carboxylic acids is 2. The van der Waals surface area contributed by atoms with E-state index in [1.54, 1.807) is 41.5 Å². The second-order valence-electron chi connectivity index (χ2n) is 18.9. The molecule has 0 heterocycles. The zero-order valence-corrected chi connectivity index (χ0v) is 42.5. The first-order valence-electron chi connectivity index (χ1n) is 23.2. The number of rotatable bonds is 32. The Morgan fingerprint density at radius 3 is 1.25 bits per heavy atom. The van der Waals surface area contributed by atoms with Gasteiger partial charge in [0.15, 0.2) is 0 Å². The van der Waals surface area contributed by atoms with Crippen molar-refractivity contribution in [2.75, 3.05) is 12.0 Å². The van der Waals surface area contributed by atoms with Crippen LogP contribution in [0.25, 0.3) is 0 Å². The van der Waals surface area contributed by atoms with Crippen LogP contribution in [-0.4, -0.2) is 136 Å². The van der Waals surface area contributed by atoms with Gasteiger partial charge in [-0.3, -0.25) is 43.2 Å². The van der Waals surface area contributed by atoms with Crippen LogP contribution in [0.15, 0.2) is 0 Å². The minimum Gasteiger partial charge on any atom is -0.481 e. The van der Waals surface area contributed by atoms with Gasteiger partial charge in [-0.25, -0.2) is 4.79 Å². The minimum absolute atomic E-state index is 0.0710. The Bertz CT molecular complexity index is 1680. The molecule has 0 aromatic heterocycles. The second kappa shape index (κ2) is 31.1. The summed E-state index contributed by atoms with van der Waals surface area (Å²) in [7, 11) is 0. The molecule has 0 bridgehead atoms. The topological polar surface area (TPSA) is 333 Å². The molecule has 0 aliphatic rings. The van der Waals surface area contributed by atoms with E-state index in [0.717, 1.165) is 0 Å². The number of carboxylic acid groups (broad SMARTS) is 2. The number of hydrogen-bond acceptors (Lipinski definition) is 12. The number of carbonyl (C=O) groups excluding carboxylic acids is 8. The number of aliphatic carboxylic acids is 2. The first-order chi connectivity index (χ1) is 31.1. The number of carbonyl (C=O) groups is 10. The Morgan fingerprint density at radius 1 is 0.478 bits per heavy atom. The van der Waals surface area contributed by atoms with Gasteiger partial charge < -0.3 is 58.5 Å². The van der Waals surface area contributed by atoms with Crippen LogP contribution in [0.2, 0.25) is 0 Å². The lowest BCUT2D eigenvalue weighted by molar-refractivity contribution is -0.144. The third kappa shape index (κ3) is 24.0. The maximum atomic E-state index is 14.0. The van der Waals surface area contributed by atoms with Crippen LogP contribution in [0.4, 0.5) is 0 Å². The Labute approximate surface area is 400 Å². The van der Waals surface area contributed by atoms with E-state index in [4.69, 9.17) is 5.73 Å². The summed E-state index contributed by atoms with van der Waals surface area (Å²) in [6.45, 7) is 20.5. The van der Waals surface area contributed by atoms with E-state index in [1.165, 1.54) is 25.6 Å². The highest BCUT2D eigenvalue weighted by atomic mass is 32.2. The standard InChI is InChI=1S/C45H81N9O12S/c1-14-26(10)36(45(65)66)54-40(60)29(15-16-34(55)56)49-38(58)28(12)47-41(61)31(19-22(2)3)51-42(62)32(20-23(4)5)52-44(64)35(25(8)9)53-43(63)33(21-24(6)7)50-39(59)30(17-18-67-13)48-37(57)27(11)46/h22-33,35-36H,14-21,46H2,1-13H3,(H,47,61)(H,48,57)(H,49,58)(H,50,59)(H,51,62)(H,52,64)(H,53,63)(H,54,60)(H,55,56)(H,65,66)/t26-,27-,28-,29-,30-,31-,32-,33-,35-,36-/m0/s1.